The molecular weight excluding hydrogens is 562 g/mol. The number of rotatable bonds is 8. The fourth-order valence-electron chi connectivity index (χ4n) is 5.13. The fourth-order valence-corrected chi connectivity index (χ4v) is 5.13. The van der Waals surface area contributed by atoms with Crippen molar-refractivity contribution in [2.24, 2.45) is 0 Å². The van der Waals surface area contributed by atoms with E-state index in [0.29, 0.717) is 68.6 Å². The number of aliphatic carboxylic acids is 1. The zero-order valence-electron chi connectivity index (χ0n) is 23.6. The van der Waals surface area contributed by atoms with Gasteiger partial charge in [0.15, 0.2) is 10.9 Å². The summed E-state index contributed by atoms with van der Waals surface area (Å²) in [6.07, 6.45) is 2.19. The van der Waals surface area contributed by atoms with Crippen LogP contribution in [0.5, 0.6) is 0 Å². The van der Waals surface area contributed by atoms with Crippen molar-refractivity contribution in [3.05, 3.63) is 117 Å². The topological polar surface area (TPSA) is 169 Å². The summed E-state index contributed by atoms with van der Waals surface area (Å²) in [5, 5.41) is 22.6. The van der Waals surface area contributed by atoms with Gasteiger partial charge in [-0.3, -0.25) is 19.2 Å². The Morgan fingerprint density at radius 2 is 1.09 bits per heavy atom. The summed E-state index contributed by atoms with van der Waals surface area (Å²) in [4.78, 5) is 65.2. The van der Waals surface area contributed by atoms with Crippen molar-refractivity contribution in [3.63, 3.8) is 0 Å². The molecule has 0 spiro atoms. The number of carboxylic acid groups (broad SMARTS) is 2. The Bertz CT molecular complexity index is 2170. The lowest BCUT2D eigenvalue weighted by Crippen LogP contribution is -2.25. The molecular formula is C34H29N3O7. The molecule has 4 aromatic carbocycles. The Hall–Kier alpha value is -5.77. The average molecular weight is 592 g/mol. The smallest absolute Gasteiger partial charge is 0.337 e. The SMILES string of the molecule is O=C(O)CCCCCNC(=O)c1cccc2c(=O)c3ccccc3[nH]c12.O=C(O)c1cccc2c(=O)c3ccccc3[nH]c12. The first kappa shape index (κ1) is 29.7. The van der Waals surface area contributed by atoms with Crippen LogP contribution in [0, 0.1) is 0 Å². The molecule has 222 valence electrons. The largest absolute Gasteiger partial charge is 0.481 e. The number of carbonyl (C=O) groups excluding carboxylic acids is 1. The molecule has 0 aliphatic rings. The normalized spacial score (nSPS) is 10.9. The van der Waals surface area contributed by atoms with E-state index < -0.39 is 11.9 Å². The Kier molecular flexibility index (Phi) is 8.80. The van der Waals surface area contributed by atoms with Crippen LogP contribution in [0.1, 0.15) is 46.4 Å². The number of aromatic amines is 2. The molecule has 0 saturated heterocycles. The quantitative estimate of drug-likeness (QED) is 0.116. The fraction of sp³-hybridized carbons (Fsp3) is 0.147. The standard InChI is InChI=1S/C20H20N2O4.C14H9NO3/c23-17(24)11-2-1-5-12-21-20(26)15-9-6-8-14-18(15)22-16-10-4-3-7-13(16)19(14)25;16-13-8-4-1-2-7-11(8)15-12-9(13)5-3-6-10(12)14(17)18/h3-4,6-10H,1-2,5,11-12H2,(H,21,26)(H,22,25)(H,23,24);1-7H,(H,15,16)(H,17,18). The number of fused-ring (bicyclic) bond motifs is 4. The number of H-pyrrole nitrogens is 2. The number of benzene rings is 4. The summed E-state index contributed by atoms with van der Waals surface area (Å²) in [5.74, 6) is -2.10. The molecule has 0 bridgehead atoms. The number of carboxylic acids is 2. The number of hydrogen-bond acceptors (Lipinski definition) is 5. The van der Waals surface area contributed by atoms with E-state index in [4.69, 9.17) is 10.2 Å². The van der Waals surface area contributed by atoms with Crippen LogP contribution >= 0.6 is 0 Å². The molecule has 2 aromatic heterocycles. The van der Waals surface area contributed by atoms with Crippen LogP contribution in [0.2, 0.25) is 0 Å². The first-order chi connectivity index (χ1) is 21.3. The lowest BCUT2D eigenvalue weighted by molar-refractivity contribution is -0.137. The van der Waals surface area contributed by atoms with E-state index in [1.807, 2.05) is 18.2 Å². The molecule has 0 saturated carbocycles. The highest BCUT2D eigenvalue weighted by Crippen LogP contribution is 2.19. The lowest BCUT2D eigenvalue weighted by Gasteiger charge is -2.09. The van der Waals surface area contributed by atoms with E-state index in [9.17, 15) is 24.0 Å². The number of pyridine rings is 2. The van der Waals surface area contributed by atoms with Crippen LogP contribution in [0.15, 0.2) is 94.5 Å². The molecule has 5 N–H and O–H groups in total. The van der Waals surface area contributed by atoms with Crippen molar-refractivity contribution >= 4 is 61.5 Å². The third-order valence-electron chi connectivity index (χ3n) is 7.31. The molecule has 44 heavy (non-hydrogen) atoms. The van der Waals surface area contributed by atoms with Crippen molar-refractivity contribution in [3.8, 4) is 0 Å². The lowest BCUT2D eigenvalue weighted by atomic mass is 10.1. The monoisotopic (exact) mass is 591 g/mol. The number of nitrogens with one attached hydrogen (secondary N) is 3. The van der Waals surface area contributed by atoms with Crippen LogP contribution in [-0.4, -0.2) is 44.6 Å². The van der Waals surface area contributed by atoms with Gasteiger partial charge in [0.1, 0.15) is 0 Å². The van der Waals surface area contributed by atoms with Crippen molar-refractivity contribution in [1.82, 2.24) is 15.3 Å². The predicted octanol–water partition coefficient (Wildman–Crippen LogP) is 5.44. The maximum atomic E-state index is 12.7. The maximum absolute atomic E-state index is 12.7. The number of para-hydroxylation sites is 4. The molecule has 0 fully saturated rings. The van der Waals surface area contributed by atoms with Crippen molar-refractivity contribution in [1.29, 1.82) is 0 Å². The Morgan fingerprint density at radius 1 is 0.591 bits per heavy atom. The minimum atomic E-state index is -1.05. The summed E-state index contributed by atoms with van der Waals surface area (Å²) in [6, 6.07) is 24.1. The molecule has 2 heterocycles. The van der Waals surface area contributed by atoms with Gasteiger partial charge in [0.05, 0.1) is 22.2 Å². The average Bonchev–Trinajstić information content (AvgIpc) is 3.02. The van der Waals surface area contributed by atoms with E-state index in [1.54, 1.807) is 60.7 Å². The van der Waals surface area contributed by atoms with E-state index in [0.717, 1.165) is 6.42 Å². The number of aromatic nitrogens is 2. The van der Waals surface area contributed by atoms with Crippen molar-refractivity contribution in [2.45, 2.75) is 25.7 Å². The van der Waals surface area contributed by atoms with Crippen LogP contribution in [-0.2, 0) is 4.79 Å². The third kappa shape index (κ3) is 6.19. The molecule has 0 unspecified atom stereocenters. The Balaban J connectivity index is 0.000000186. The zero-order valence-corrected chi connectivity index (χ0v) is 23.6. The predicted molar refractivity (Wildman–Crippen MR) is 170 cm³/mol. The Labute approximate surface area is 250 Å². The number of carbonyl (C=O) groups is 3. The van der Waals surface area contributed by atoms with Gasteiger partial charge in [-0.05, 0) is 61.4 Å². The van der Waals surface area contributed by atoms with Gasteiger partial charge < -0.3 is 25.5 Å². The van der Waals surface area contributed by atoms with Gasteiger partial charge in [-0.1, -0.05) is 42.8 Å². The van der Waals surface area contributed by atoms with E-state index in [-0.39, 0.29) is 28.7 Å². The van der Waals surface area contributed by atoms with Crippen LogP contribution < -0.4 is 16.2 Å². The molecule has 6 aromatic rings. The molecule has 0 aliphatic heterocycles. The second kappa shape index (κ2) is 13.0. The van der Waals surface area contributed by atoms with Gasteiger partial charge in [0.25, 0.3) is 5.91 Å². The highest BCUT2D eigenvalue weighted by molar-refractivity contribution is 6.08. The second-order valence-electron chi connectivity index (χ2n) is 10.2. The number of hydrogen-bond donors (Lipinski definition) is 5. The summed E-state index contributed by atoms with van der Waals surface area (Å²) in [7, 11) is 0. The van der Waals surface area contributed by atoms with Crippen LogP contribution in [0.3, 0.4) is 0 Å². The second-order valence-corrected chi connectivity index (χ2v) is 10.2. The summed E-state index contributed by atoms with van der Waals surface area (Å²) in [6.45, 7) is 0.465. The number of aromatic carboxylic acids is 1. The summed E-state index contributed by atoms with van der Waals surface area (Å²) >= 11 is 0. The first-order valence-corrected chi connectivity index (χ1v) is 14.1. The molecule has 0 aliphatic carbocycles. The molecule has 10 heteroatoms. The van der Waals surface area contributed by atoms with Crippen LogP contribution in [0.4, 0.5) is 0 Å². The van der Waals surface area contributed by atoms with Gasteiger partial charge in [-0.15, -0.1) is 0 Å². The summed E-state index contributed by atoms with van der Waals surface area (Å²) < 4.78 is 0. The van der Waals surface area contributed by atoms with Gasteiger partial charge in [-0.25, -0.2) is 4.79 Å². The minimum Gasteiger partial charge on any atom is -0.481 e. The summed E-state index contributed by atoms with van der Waals surface area (Å²) in [5.41, 5.74) is 2.52. The molecule has 0 radical (unpaired) electrons. The van der Waals surface area contributed by atoms with Gasteiger partial charge in [0, 0.05) is 45.5 Å². The minimum absolute atomic E-state index is 0.0994. The first-order valence-electron chi connectivity index (χ1n) is 14.1. The van der Waals surface area contributed by atoms with Crippen molar-refractivity contribution in [2.75, 3.05) is 6.54 Å². The van der Waals surface area contributed by atoms with E-state index in [1.165, 1.54) is 6.07 Å². The maximum Gasteiger partial charge on any atom is 0.337 e. The number of amides is 1. The molecule has 0 atom stereocenters. The highest BCUT2D eigenvalue weighted by atomic mass is 16.4. The van der Waals surface area contributed by atoms with E-state index in [2.05, 4.69) is 15.3 Å². The van der Waals surface area contributed by atoms with Gasteiger partial charge in [0.2, 0.25) is 0 Å². The Morgan fingerprint density at radius 3 is 1.64 bits per heavy atom. The van der Waals surface area contributed by atoms with Crippen LogP contribution in [0.25, 0.3) is 43.6 Å². The van der Waals surface area contributed by atoms with Crippen molar-refractivity contribution < 1.29 is 24.6 Å². The van der Waals surface area contributed by atoms with Gasteiger partial charge in [-0.2, -0.15) is 0 Å². The molecule has 1 amide bonds. The third-order valence-corrected chi connectivity index (χ3v) is 7.31. The van der Waals surface area contributed by atoms with Gasteiger partial charge >= 0.3 is 11.9 Å². The zero-order chi connectivity index (χ0) is 31.2. The number of unbranched alkanes of at least 4 members (excludes halogenated alkanes) is 2. The molecule has 10 nitrogen and oxygen atoms in total. The highest BCUT2D eigenvalue weighted by Gasteiger charge is 2.14. The molecule has 6 rings (SSSR count). The van der Waals surface area contributed by atoms with E-state index >= 15 is 0 Å².